The van der Waals surface area contributed by atoms with Crippen LogP contribution in [0.1, 0.15) is 33.1 Å². The predicted molar refractivity (Wildman–Crippen MR) is 77.2 cm³/mol. The first-order valence-electron chi connectivity index (χ1n) is 6.90. The summed E-state index contributed by atoms with van der Waals surface area (Å²) in [6.07, 6.45) is -3.92. The minimum Gasteiger partial charge on any atom is -0.378 e. The number of hydrogen-bond acceptors (Lipinski definition) is 3. The van der Waals surface area contributed by atoms with E-state index in [2.05, 4.69) is 5.32 Å². The average Bonchev–Trinajstić information content (AvgIpc) is 2.97. The minimum absolute atomic E-state index is 0.222. The molecule has 0 saturated heterocycles. The summed E-state index contributed by atoms with van der Waals surface area (Å²) in [5.74, 6) is -0.614. The van der Waals surface area contributed by atoms with E-state index in [9.17, 15) is 18.0 Å². The highest BCUT2D eigenvalue weighted by atomic mass is 19.4. The number of benzene rings is 2. The standard InChI is InChI=1S/C16H13F3N2O2/c17-16(18,19)10-6-4-9(5-7-10)14-8-12-11(15(22)21-23)2-1-3-13(12)20-14/h1-7,14,20,23H,8H2,(H,21,22). The van der Waals surface area contributed by atoms with Crippen molar-refractivity contribution >= 4 is 11.6 Å². The van der Waals surface area contributed by atoms with Gasteiger partial charge in [0.15, 0.2) is 0 Å². The second kappa shape index (κ2) is 5.58. The van der Waals surface area contributed by atoms with Crippen LogP contribution in [0.3, 0.4) is 0 Å². The summed E-state index contributed by atoms with van der Waals surface area (Å²) >= 11 is 0. The van der Waals surface area contributed by atoms with Crippen LogP contribution in [0.25, 0.3) is 0 Å². The third-order valence-corrected chi connectivity index (χ3v) is 3.90. The maximum Gasteiger partial charge on any atom is 0.416 e. The van der Waals surface area contributed by atoms with Crippen molar-refractivity contribution in [3.8, 4) is 0 Å². The van der Waals surface area contributed by atoms with Crippen LogP contribution in [0, 0.1) is 0 Å². The second-order valence-corrected chi connectivity index (χ2v) is 5.29. The number of halogens is 3. The van der Waals surface area contributed by atoms with Gasteiger partial charge in [-0.05, 0) is 41.8 Å². The summed E-state index contributed by atoms with van der Waals surface area (Å²) in [4.78, 5) is 11.7. The van der Waals surface area contributed by atoms with Gasteiger partial charge >= 0.3 is 6.18 Å². The van der Waals surface area contributed by atoms with Crippen molar-refractivity contribution in [1.29, 1.82) is 0 Å². The fourth-order valence-corrected chi connectivity index (χ4v) is 2.76. The second-order valence-electron chi connectivity index (χ2n) is 5.29. The largest absolute Gasteiger partial charge is 0.416 e. The molecular weight excluding hydrogens is 309 g/mol. The predicted octanol–water partition coefficient (Wildman–Crippen LogP) is 3.53. The summed E-state index contributed by atoms with van der Waals surface area (Å²) in [5.41, 5.74) is 3.40. The molecule has 1 unspecified atom stereocenters. The van der Waals surface area contributed by atoms with E-state index in [1.807, 2.05) is 0 Å². The molecule has 3 rings (SSSR count). The summed E-state index contributed by atoms with van der Waals surface area (Å²) < 4.78 is 37.8. The maximum atomic E-state index is 12.6. The smallest absolute Gasteiger partial charge is 0.378 e. The molecule has 1 aliphatic heterocycles. The van der Waals surface area contributed by atoms with Crippen LogP contribution >= 0.6 is 0 Å². The molecule has 2 aromatic carbocycles. The normalized spacial score (nSPS) is 16.6. The van der Waals surface area contributed by atoms with Gasteiger partial charge in [-0.2, -0.15) is 13.2 Å². The van der Waals surface area contributed by atoms with Gasteiger partial charge in [-0.25, -0.2) is 5.48 Å². The molecule has 1 heterocycles. The van der Waals surface area contributed by atoms with Crippen LogP contribution in [0.15, 0.2) is 42.5 Å². The van der Waals surface area contributed by atoms with E-state index >= 15 is 0 Å². The molecule has 0 aromatic heterocycles. The highest BCUT2D eigenvalue weighted by Gasteiger charge is 2.31. The Labute approximate surface area is 129 Å². The first-order valence-corrected chi connectivity index (χ1v) is 6.90. The van der Waals surface area contributed by atoms with E-state index < -0.39 is 17.6 Å². The summed E-state index contributed by atoms with van der Waals surface area (Å²) in [6, 6.07) is 9.76. The van der Waals surface area contributed by atoms with Crippen LogP contribution in [-0.4, -0.2) is 11.1 Å². The van der Waals surface area contributed by atoms with E-state index in [0.717, 1.165) is 23.4 Å². The van der Waals surface area contributed by atoms with Gasteiger partial charge in [-0.3, -0.25) is 10.0 Å². The van der Waals surface area contributed by atoms with E-state index in [1.54, 1.807) is 23.7 Å². The van der Waals surface area contributed by atoms with Gasteiger partial charge in [0.2, 0.25) is 0 Å². The van der Waals surface area contributed by atoms with Crippen LogP contribution in [0.5, 0.6) is 0 Å². The SMILES string of the molecule is O=C(NO)c1cccc2c1CC(c1ccc(C(F)(F)F)cc1)N2. The number of nitrogens with one attached hydrogen (secondary N) is 2. The van der Waals surface area contributed by atoms with E-state index in [4.69, 9.17) is 5.21 Å². The number of anilines is 1. The highest BCUT2D eigenvalue weighted by Crippen LogP contribution is 2.37. The molecule has 0 radical (unpaired) electrons. The molecule has 0 aliphatic carbocycles. The molecular formula is C16H13F3N2O2. The Kier molecular flexibility index (Phi) is 3.73. The van der Waals surface area contributed by atoms with Gasteiger partial charge in [-0.15, -0.1) is 0 Å². The molecule has 1 amide bonds. The quantitative estimate of drug-likeness (QED) is 0.585. The number of carbonyl (C=O) groups excluding carboxylic acids is 1. The Morgan fingerprint density at radius 3 is 2.48 bits per heavy atom. The molecule has 120 valence electrons. The van der Waals surface area contributed by atoms with Crippen molar-refractivity contribution in [2.24, 2.45) is 0 Å². The highest BCUT2D eigenvalue weighted by molar-refractivity contribution is 5.96. The molecule has 0 spiro atoms. The van der Waals surface area contributed by atoms with Gasteiger partial charge in [-0.1, -0.05) is 18.2 Å². The van der Waals surface area contributed by atoms with Crippen molar-refractivity contribution in [2.45, 2.75) is 18.6 Å². The van der Waals surface area contributed by atoms with E-state index in [1.165, 1.54) is 12.1 Å². The van der Waals surface area contributed by atoms with Gasteiger partial charge in [0.1, 0.15) is 0 Å². The number of alkyl halides is 3. The van der Waals surface area contributed by atoms with Crippen LogP contribution in [0.2, 0.25) is 0 Å². The average molecular weight is 322 g/mol. The Bertz CT molecular complexity index is 742. The van der Waals surface area contributed by atoms with Crippen LogP contribution in [0.4, 0.5) is 18.9 Å². The molecule has 3 N–H and O–H groups in total. The first kappa shape index (κ1) is 15.4. The maximum absolute atomic E-state index is 12.6. The van der Waals surface area contributed by atoms with Crippen molar-refractivity contribution in [2.75, 3.05) is 5.32 Å². The molecule has 2 aromatic rings. The molecule has 23 heavy (non-hydrogen) atoms. The van der Waals surface area contributed by atoms with Crippen LogP contribution < -0.4 is 10.8 Å². The topological polar surface area (TPSA) is 61.4 Å². The zero-order valence-corrected chi connectivity index (χ0v) is 11.8. The van der Waals surface area contributed by atoms with E-state index in [0.29, 0.717) is 17.5 Å². The molecule has 7 heteroatoms. The minimum atomic E-state index is -4.36. The number of hydroxylamine groups is 1. The van der Waals surface area contributed by atoms with Crippen molar-refractivity contribution < 1.29 is 23.2 Å². The lowest BCUT2D eigenvalue weighted by atomic mass is 9.98. The fourth-order valence-electron chi connectivity index (χ4n) is 2.76. The zero-order chi connectivity index (χ0) is 16.6. The lowest BCUT2D eigenvalue weighted by molar-refractivity contribution is -0.137. The molecule has 4 nitrogen and oxygen atoms in total. The Balaban J connectivity index is 1.86. The Morgan fingerprint density at radius 1 is 1.17 bits per heavy atom. The third kappa shape index (κ3) is 2.87. The summed E-state index contributed by atoms with van der Waals surface area (Å²) in [7, 11) is 0. The third-order valence-electron chi connectivity index (χ3n) is 3.90. The summed E-state index contributed by atoms with van der Waals surface area (Å²) in [6.45, 7) is 0. The molecule has 0 fully saturated rings. The summed E-state index contributed by atoms with van der Waals surface area (Å²) in [5, 5.41) is 12.0. The molecule has 0 saturated carbocycles. The lowest BCUT2D eigenvalue weighted by Gasteiger charge is -2.13. The van der Waals surface area contributed by atoms with Gasteiger partial charge in [0.05, 0.1) is 11.6 Å². The molecule has 0 bridgehead atoms. The number of rotatable bonds is 2. The monoisotopic (exact) mass is 322 g/mol. The number of amides is 1. The Hall–Kier alpha value is -2.54. The number of hydrogen-bond donors (Lipinski definition) is 3. The lowest BCUT2D eigenvalue weighted by Crippen LogP contribution is -2.20. The van der Waals surface area contributed by atoms with Gasteiger partial charge in [0.25, 0.3) is 5.91 Å². The Morgan fingerprint density at radius 2 is 1.87 bits per heavy atom. The zero-order valence-electron chi connectivity index (χ0n) is 11.8. The van der Waals surface area contributed by atoms with Crippen molar-refractivity contribution in [3.63, 3.8) is 0 Å². The molecule has 1 atom stereocenters. The van der Waals surface area contributed by atoms with E-state index in [-0.39, 0.29) is 6.04 Å². The van der Waals surface area contributed by atoms with Crippen molar-refractivity contribution in [3.05, 3.63) is 64.7 Å². The fraction of sp³-hybridized carbons (Fsp3) is 0.188. The van der Waals surface area contributed by atoms with Gasteiger partial charge < -0.3 is 5.32 Å². The van der Waals surface area contributed by atoms with Gasteiger partial charge in [0, 0.05) is 11.3 Å². The number of carbonyl (C=O) groups is 1. The number of fused-ring (bicyclic) bond motifs is 1. The van der Waals surface area contributed by atoms with Crippen molar-refractivity contribution in [1.82, 2.24) is 5.48 Å². The molecule has 1 aliphatic rings. The van der Waals surface area contributed by atoms with Crippen LogP contribution in [-0.2, 0) is 12.6 Å². The first-order chi connectivity index (χ1) is 10.9.